The lowest BCUT2D eigenvalue weighted by Gasteiger charge is -2.17. The number of ether oxygens (including phenoxy) is 2. The molecule has 0 radical (unpaired) electrons. The SMILES string of the molecule is CCOc1ccc([C@H](CC)NC(=O)c2ccc(COC)s2)cc1. The largest absolute Gasteiger partial charge is 0.494 e. The number of benzene rings is 1. The van der Waals surface area contributed by atoms with E-state index in [1.165, 1.54) is 11.3 Å². The Labute approximate surface area is 141 Å². The van der Waals surface area contributed by atoms with Gasteiger partial charge in [-0.1, -0.05) is 19.1 Å². The standard InChI is InChI=1S/C18H23NO3S/c1-4-16(13-6-8-14(9-7-13)22-5-2)19-18(20)17-11-10-15(23-17)12-21-3/h6-11,16H,4-5,12H2,1-3H3,(H,19,20)/t16-/m0/s1. The molecular formula is C18H23NO3S. The summed E-state index contributed by atoms with van der Waals surface area (Å²) in [7, 11) is 1.65. The highest BCUT2D eigenvalue weighted by molar-refractivity contribution is 7.14. The zero-order valence-corrected chi connectivity index (χ0v) is 14.6. The van der Waals surface area contributed by atoms with Crippen LogP contribution in [0.2, 0.25) is 0 Å². The second-order valence-electron chi connectivity index (χ2n) is 5.14. The van der Waals surface area contributed by atoms with Crippen LogP contribution in [-0.4, -0.2) is 19.6 Å². The summed E-state index contributed by atoms with van der Waals surface area (Å²) in [4.78, 5) is 14.2. The van der Waals surface area contributed by atoms with Crippen molar-refractivity contribution in [3.8, 4) is 5.75 Å². The van der Waals surface area contributed by atoms with Crippen molar-refractivity contribution in [3.05, 3.63) is 51.7 Å². The predicted octanol–water partition coefficient (Wildman–Crippen LogP) is 4.17. The van der Waals surface area contributed by atoms with Gasteiger partial charge in [-0.25, -0.2) is 0 Å². The summed E-state index contributed by atoms with van der Waals surface area (Å²) >= 11 is 1.47. The maximum absolute atomic E-state index is 12.4. The summed E-state index contributed by atoms with van der Waals surface area (Å²) < 4.78 is 10.5. The van der Waals surface area contributed by atoms with Gasteiger partial charge in [0.25, 0.3) is 5.91 Å². The van der Waals surface area contributed by atoms with Gasteiger partial charge in [0, 0.05) is 12.0 Å². The van der Waals surface area contributed by atoms with Crippen LogP contribution in [0.1, 0.15) is 46.4 Å². The molecule has 4 nitrogen and oxygen atoms in total. The molecule has 0 saturated heterocycles. The summed E-state index contributed by atoms with van der Waals surface area (Å²) in [5, 5.41) is 3.10. The number of carbonyl (C=O) groups excluding carboxylic acids is 1. The van der Waals surface area contributed by atoms with Crippen LogP contribution in [0.5, 0.6) is 5.75 Å². The molecule has 0 bridgehead atoms. The molecule has 0 aliphatic rings. The Hall–Kier alpha value is -1.85. The Morgan fingerprint density at radius 3 is 2.52 bits per heavy atom. The van der Waals surface area contributed by atoms with E-state index in [9.17, 15) is 4.79 Å². The van der Waals surface area contributed by atoms with Crippen molar-refractivity contribution in [1.29, 1.82) is 0 Å². The summed E-state index contributed by atoms with van der Waals surface area (Å²) in [6, 6.07) is 11.7. The maximum Gasteiger partial charge on any atom is 0.261 e. The topological polar surface area (TPSA) is 47.6 Å². The van der Waals surface area contributed by atoms with E-state index in [1.54, 1.807) is 7.11 Å². The lowest BCUT2D eigenvalue weighted by Crippen LogP contribution is -2.27. The fourth-order valence-corrected chi connectivity index (χ4v) is 3.22. The number of methoxy groups -OCH3 is 1. The molecule has 1 N–H and O–H groups in total. The average Bonchev–Trinajstić information content (AvgIpc) is 3.03. The molecule has 1 aromatic carbocycles. The highest BCUT2D eigenvalue weighted by Crippen LogP contribution is 2.22. The van der Waals surface area contributed by atoms with Crippen LogP contribution in [0, 0.1) is 0 Å². The van der Waals surface area contributed by atoms with Crippen LogP contribution in [0.15, 0.2) is 36.4 Å². The van der Waals surface area contributed by atoms with Crippen molar-refractivity contribution >= 4 is 17.2 Å². The van der Waals surface area contributed by atoms with Crippen LogP contribution in [0.4, 0.5) is 0 Å². The van der Waals surface area contributed by atoms with E-state index in [-0.39, 0.29) is 11.9 Å². The molecule has 0 saturated carbocycles. The summed E-state index contributed by atoms with van der Waals surface area (Å²) in [5.74, 6) is 0.804. The second-order valence-corrected chi connectivity index (χ2v) is 6.30. The van der Waals surface area contributed by atoms with Crippen molar-refractivity contribution in [2.75, 3.05) is 13.7 Å². The number of amides is 1. The Morgan fingerprint density at radius 2 is 1.91 bits per heavy atom. The van der Waals surface area contributed by atoms with E-state index in [0.29, 0.717) is 18.1 Å². The summed E-state index contributed by atoms with van der Waals surface area (Å²) in [6.07, 6.45) is 0.829. The van der Waals surface area contributed by atoms with E-state index in [2.05, 4.69) is 12.2 Å². The predicted molar refractivity (Wildman–Crippen MR) is 93.1 cm³/mol. The van der Waals surface area contributed by atoms with Crippen LogP contribution in [0.3, 0.4) is 0 Å². The van der Waals surface area contributed by atoms with Gasteiger partial charge in [-0.15, -0.1) is 11.3 Å². The monoisotopic (exact) mass is 333 g/mol. The third-order valence-corrected chi connectivity index (χ3v) is 4.54. The molecule has 0 fully saturated rings. The fraction of sp³-hybridized carbons (Fsp3) is 0.389. The molecule has 0 aliphatic carbocycles. The smallest absolute Gasteiger partial charge is 0.261 e. The second kappa shape index (κ2) is 8.70. The molecule has 23 heavy (non-hydrogen) atoms. The van der Waals surface area contributed by atoms with Gasteiger partial charge in [0.1, 0.15) is 5.75 Å². The van der Waals surface area contributed by atoms with Crippen molar-refractivity contribution < 1.29 is 14.3 Å². The molecule has 1 atom stereocenters. The van der Waals surface area contributed by atoms with Crippen molar-refractivity contribution in [2.45, 2.75) is 32.9 Å². The third kappa shape index (κ3) is 4.81. The molecule has 0 aliphatic heterocycles. The number of rotatable bonds is 8. The third-order valence-electron chi connectivity index (χ3n) is 3.48. The van der Waals surface area contributed by atoms with Crippen LogP contribution in [0.25, 0.3) is 0 Å². The van der Waals surface area contributed by atoms with Gasteiger partial charge in [-0.05, 0) is 43.2 Å². The average molecular weight is 333 g/mol. The van der Waals surface area contributed by atoms with E-state index >= 15 is 0 Å². The first-order valence-corrected chi connectivity index (χ1v) is 8.60. The molecule has 0 spiro atoms. The Balaban J connectivity index is 2.03. The molecule has 2 rings (SSSR count). The molecule has 1 aromatic heterocycles. The van der Waals surface area contributed by atoms with Crippen molar-refractivity contribution in [1.82, 2.24) is 5.32 Å². The first kappa shape index (κ1) is 17.5. The number of nitrogens with one attached hydrogen (secondary N) is 1. The first-order chi connectivity index (χ1) is 11.2. The van der Waals surface area contributed by atoms with Crippen molar-refractivity contribution in [2.24, 2.45) is 0 Å². The highest BCUT2D eigenvalue weighted by Gasteiger charge is 2.16. The Morgan fingerprint density at radius 1 is 1.17 bits per heavy atom. The Bertz CT molecular complexity index is 621. The van der Waals surface area contributed by atoms with Crippen LogP contribution >= 0.6 is 11.3 Å². The fourth-order valence-electron chi connectivity index (χ4n) is 2.33. The number of carbonyl (C=O) groups is 1. The normalized spacial score (nSPS) is 12.0. The molecular weight excluding hydrogens is 310 g/mol. The van der Waals surface area contributed by atoms with Gasteiger partial charge in [0.2, 0.25) is 0 Å². The Kier molecular flexibility index (Phi) is 6.62. The van der Waals surface area contributed by atoms with E-state index in [0.717, 1.165) is 22.6 Å². The van der Waals surface area contributed by atoms with Crippen LogP contribution in [-0.2, 0) is 11.3 Å². The summed E-state index contributed by atoms with van der Waals surface area (Å²) in [6.45, 7) is 5.21. The molecule has 1 heterocycles. The number of hydrogen-bond acceptors (Lipinski definition) is 4. The minimum absolute atomic E-state index is 0.00819. The lowest BCUT2D eigenvalue weighted by atomic mass is 10.0. The molecule has 124 valence electrons. The number of thiophene rings is 1. The molecule has 5 heteroatoms. The van der Waals surface area contributed by atoms with Crippen LogP contribution < -0.4 is 10.1 Å². The first-order valence-electron chi connectivity index (χ1n) is 7.79. The highest BCUT2D eigenvalue weighted by atomic mass is 32.1. The molecule has 0 unspecified atom stereocenters. The summed E-state index contributed by atoms with van der Waals surface area (Å²) in [5.41, 5.74) is 1.08. The zero-order chi connectivity index (χ0) is 16.7. The van der Waals surface area contributed by atoms with E-state index < -0.39 is 0 Å². The zero-order valence-electron chi connectivity index (χ0n) is 13.8. The van der Waals surface area contributed by atoms with Gasteiger partial charge in [-0.2, -0.15) is 0 Å². The molecule has 1 amide bonds. The molecule has 2 aromatic rings. The number of hydrogen-bond donors (Lipinski definition) is 1. The van der Waals surface area contributed by atoms with E-state index in [1.807, 2.05) is 43.3 Å². The maximum atomic E-state index is 12.4. The van der Waals surface area contributed by atoms with Gasteiger partial charge < -0.3 is 14.8 Å². The van der Waals surface area contributed by atoms with Gasteiger partial charge in [-0.3, -0.25) is 4.79 Å². The minimum Gasteiger partial charge on any atom is -0.494 e. The van der Waals surface area contributed by atoms with Gasteiger partial charge >= 0.3 is 0 Å². The lowest BCUT2D eigenvalue weighted by molar-refractivity contribution is 0.0939. The minimum atomic E-state index is -0.0434. The quantitative estimate of drug-likeness (QED) is 0.788. The van der Waals surface area contributed by atoms with Gasteiger partial charge in [0.15, 0.2) is 0 Å². The van der Waals surface area contributed by atoms with E-state index in [4.69, 9.17) is 9.47 Å². The van der Waals surface area contributed by atoms with Gasteiger partial charge in [0.05, 0.1) is 24.1 Å². The van der Waals surface area contributed by atoms with Crippen molar-refractivity contribution in [3.63, 3.8) is 0 Å².